The minimum Gasteiger partial charge on any atom is -0.357 e. The van der Waals surface area contributed by atoms with Crippen LogP contribution < -0.4 is 15.5 Å². The van der Waals surface area contributed by atoms with Crippen LogP contribution in [0.3, 0.4) is 0 Å². The van der Waals surface area contributed by atoms with Gasteiger partial charge in [-0.1, -0.05) is 0 Å². The van der Waals surface area contributed by atoms with Crippen molar-refractivity contribution < 1.29 is 0 Å². The first kappa shape index (κ1) is 12.1. The van der Waals surface area contributed by atoms with Gasteiger partial charge in [0.1, 0.15) is 0 Å². The lowest BCUT2D eigenvalue weighted by Crippen LogP contribution is -2.15. The highest BCUT2D eigenvalue weighted by molar-refractivity contribution is 5.53. The fourth-order valence-corrected chi connectivity index (χ4v) is 1.35. The van der Waals surface area contributed by atoms with Crippen molar-refractivity contribution in [2.75, 3.05) is 36.7 Å². The maximum absolute atomic E-state index is 4.30. The van der Waals surface area contributed by atoms with Crippen LogP contribution in [0.2, 0.25) is 0 Å². The van der Waals surface area contributed by atoms with Crippen LogP contribution in [-0.2, 0) is 7.05 Å². The molecule has 2 rings (SSSR count). The molecule has 0 bridgehead atoms. The minimum atomic E-state index is 0.478. The van der Waals surface area contributed by atoms with E-state index >= 15 is 0 Å². The Morgan fingerprint density at radius 2 is 1.89 bits per heavy atom. The van der Waals surface area contributed by atoms with Gasteiger partial charge in [-0.15, -0.1) is 0 Å². The molecule has 8 heteroatoms. The van der Waals surface area contributed by atoms with Crippen LogP contribution in [-0.4, -0.2) is 45.9 Å². The number of aromatic nitrogens is 5. The normalized spacial score (nSPS) is 10.2. The van der Waals surface area contributed by atoms with Crippen molar-refractivity contribution in [3.63, 3.8) is 0 Å². The third-order valence-corrected chi connectivity index (χ3v) is 2.21. The molecule has 0 saturated carbocycles. The SMILES string of the molecule is CNc1nc(Nc2cnn(C)c2)nc(N(C)C)n1. The Kier molecular flexibility index (Phi) is 3.26. The predicted octanol–water partition coefficient (Wildman–Crippen LogP) is 0.456. The van der Waals surface area contributed by atoms with Crippen LogP contribution >= 0.6 is 0 Å². The highest BCUT2D eigenvalue weighted by atomic mass is 15.3. The van der Waals surface area contributed by atoms with Gasteiger partial charge in [-0.3, -0.25) is 4.68 Å². The van der Waals surface area contributed by atoms with E-state index in [9.17, 15) is 0 Å². The Labute approximate surface area is 105 Å². The van der Waals surface area contributed by atoms with E-state index in [1.54, 1.807) is 17.9 Å². The fraction of sp³-hybridized carbons (Fsp3) is 0.400. The number of anilines is 4. The van der Waals surface area contributed by atoms with Crippen LogP contribution in [0.15, 0.2) is 12.4 Å². The molecule has 2 heterocycles. The summed E-state index contributed by atoms with van der Waals surface area (Å²) in [6.45, 7) is 0. The Bertz CT molecular complexity index is 532. The Morgan fingerprint density at radius 3 is 2.44 bits per heavy atom. The molecular formula is C10H16N8. The smallest absolute Gasteiger partial charge is 0.233 e. The largest absolute Gasteiger partial charge is 0.357 e. The quantitative estimate of drug-likeness (QED) is 0.813. The molecular weight excluding hydrogens is 232 g/mol. The third kappa shape index (κ3) is 2.65. The van der Waals surface area contributed by atoms with Gasteiger partial charge in [0, 0.05) is 34.4 Å². The summed E-state index contributed by atoms with van der Waals surface area (Å²) in [5, 5.41) is 10.1. The van der Waals surface area contributed by atoms with E-state index in [0.717, 1.165) is 5.69 Å². The van der Waals surface area contributed by atoms with Crippen molar-refractivity contribution in [1.29, 1.82) is 0 Å². The molecule has 0 unspecified atom stereocenters. The second-order valence-corrected chi connectivity index (χ2v) is 3.95. The summed E-state index contributed by atoms with van der Waals surface area (Å²) in [5.41, 5.74) is 0.829. The number of rotatable bonds is 4. The first-order chi connectivity index (χ1) is 8.58. The molecule has 0 radical (unpaired) electrons. The lowest BCUT2D eigenvalue weighted by atomic mass is 10.6. The van der Waals surface area contributed by atoms with Crippen molar-refractivity contribution in [2.45, 2.75) is 0 Å². The molecule has 2 N–H and O–H groups in total. The molecule has 0 spiro atoms. The maximum Gasteiger partial charge on any atom is 0.233 e. The molecule has 0 aromatic carbocycles. The van der Waals surface area contributed by atoms with Gasteiger partial charge in [0.25, 0.3) is 0 Å². The molecule has 2 aromatic rings. The van der Waals surface area contributed by atoms with Gasteiger partial charge in [0.05, 0.1) is 11.9 Å². The van der Waals surface area contributed by atoms with Crippen LogP contribution in [0, 0.1) is 0 Å². The number of hydrogen-bond acceptors (Lipinski definition) is 7. The zero-order valence-corrected chi connectivity index (χ0v) is 10.8. The van der Waals surface area contributed by atoms with Gasteiger partial charge in [-0.2, -0.15) is 20.1 Å². The zero-order valence-electron chi connectivity index (χ0n) is 10.8. The molecule has 8 nitrogen and oxygen atoms in total. The summed E-state index contributed by atoms with van der Waals surface area (Å²) in [5.74, 6) is 1.58. The molecule has 0 fully saturated rings. The van der Waals surface area contributed by atoms with Crippen LogP contribution in [0.4, 0.5) is 23.5 Å². The van der Waals surface area contributed by atoms with Crippen LogP contribution in [0.1, 0.15) is 0 Å². The molecule has 0 aliphatic heterocycles. The van der Waals surface area contributed by atoms with Crippen molar-refractivity contribution in [3.8, 4) is 0 Å². The first-order valence-corrected chi connectivity index (χ1v) is 5.45. The monoisotopic (exact) mass is 248 g/mol. The second-order valence-electron chi connectivity index (χ2n) is 3.95. The van der Waals surface area contributed by atoms with E-state index in [1.165, 1.54) is 0 Å². The standard InChI is InChI=1S/C10H16N8/c1-11-8-14-9(16-10(15-8)17(2)3)13-7-5-12-18(4)6-7/h5-6H,1-4H3,(H2,11,13,14,15,16). The fourth-order valence-electron chi connectivity index (χ4n) is 1.35. The summed E-state index contributed by atoms with van der Waals surface area (Å²) in [6.07, 6.45) is 3.55. The van der Waals surface area contributed by atoms with Crippen molar-refractivity contribution >= 4 is 23.5 Å². The van der Waals surface area contributed by atoms with E-state index in [-0.39, 0.29) is 0 Å². The Balaban J connectivity index is 2.29. The molecule has 0 atom stereocenters. The summed E-state index contributed by atoms with van der Waals surface area (Å²) in [6, 6.07) is 0. The summed E-state index contributed by atoms with van der Waals surface area (Å²) < 4.78 is 1.70. The summed E-state index contributed by atoms with van der Waals surface area (Å²) in [7, 11) is 7.37. The van der Waals surface area contributed by atoms with Gasteiger partial charge < -0.3 is 15.5 Å². The predicted molar refractivity (Wildman–Crippen MR) is 70.2 cm³/mol. The molecule has 18 heavy (non-hydrogen) atoms. The summed E-state index contributed by atoms with van der Waals surface area (Å²) in [4.78, 5) is 14.6. The van der Waals surface area contributed by atoms with Gasteiger partial charge in [-0.05, 0) is 0 Å². The average molecular weight is 248 g/mol. The number of hydrogen-bond donors (Lipinski definition) is 2. The van der Waals surface area contributed by atoms with Crippen LogP contribution in [0.25, 0.3) is 0 Å². The van der Waals surface area contributed by atoms with E-state index in [1.807, 2.05) is 32.2 Å². The first-order valence-electron chi connectivity index (χ1n) is 5.45. The van der Waals surface area contributed by atoms with Crippen molar-refractivity contribution in [2.24, 2.45) is 7.05 Å². The Morgan fingerprint density at radius 1 is 1.17 bits per heavy atom. The molecule has 0 saturated heterocycles. The van der Waals surface area contributed by atoms with Crippen LogP contribution in [0.5, 0.6) is 0 Å². The molecule has 96 valence electrons. The van der Waals surface area contributed by atoms with Crippen molar-refractivity contribution in [1.82, 2.24) is 24.7 Å². The Hall–Kier alpha value is -2.38. The number of aryl methyl sites for hydroxylation is 1. The van der Waals surface area contributed by atoms with Gasteiger partial charge in [-0.25, -0.2) is 0 Å². The maximum atomic E-state index is 4.30. The lowest BCUT2D eigenvalue weighted by Gasteiger charge is -2.12. The van der Waals surface area contributed by atoms with Gasteiger partial charge in [0.2, 0.25) is 17.8 Å². The number of nitrogens with zero attached hydrogens (tertiary/aromatic N) is 6. The van der Waals surface area contributed by atoms with E-state index < -0.39 is 0 Å². The van der Waals surface area contributed by atoms with Crippen molar-refractivity contribution in [3.05, 3.63) is 12.4 Å². The molecule has 0 amide bonds. The van der Waals surface area contributed by atoms with E-state index in [2.05, 4.69) is 30.7 Å². The van der Waals surface area contributed by atoms with E-state index in [0.29, 0.717) is 17.8 Å². The summed E-state index contributed by atoms with van der Waals surface area (Å²) >= 11 is 0. The molecule has 0 aliphatic carbocycles. The lowest BCUT2D eigenvalue weighted by molar-refractivity contribution is 0.768. The molecule has 2 aromatic heterocycles. The van der Waals surface area contributed by atoms with E-state index in [4.69, 9.17) is 0 Å². The average Bonchev–Trinajstić information content (AvgIpc) is 2.74. The minimum absolute atomic E-state index is 0.478. The molecule has 0 aliphatic rings. The topological polar surface area (TPSA) is 83.8 Å². The van der Waals surface area contributed by atoms with Gasteiger partial charge in [0.15, 0.2) is 0 Å². The second kappa shape index (κ2) is 4.86. The third-order valence-electron chi connectivity index (χ3n) is 2.21. The van der Waals surface area contributed by atoms with Gasteiger partial charge >= 0.3 is 0 Å². The highest BCUT2D eigenvalue weighted by Crippen LogP contribution is 2.15. The highest BCUT2D eigenvalue weighted by Gasteiger charge is 2.07. The number of nitrogens with one attached hydrogen (secondary N) is 2. The zero-order chi connectivity index (χ0) is 13.1.